The number of rotatable bonds is 16. The lowest BCUT2D eigenvalue weighted by atomic mass is 10.0. The summed E-state index contributed by atoms with van der Waals surface area (Å²) < 4.78 is 0. The average Bonchev–Trinajstić information content (AvgIpc) is 2.81. The largest absolute Gasteiger partial charge is 0.508 e. The molecule has 0 saturated heterocycles. The highest BCUT2D eigenvalue weighted by Gasteiger charge is 2.27. The molecule has 13 nitrogen and oxygen atoms in total. The van der Waals surface area contributed by atoms with E-state index in [0.717, 1.165) is 0 Å². The van der Waals surface area contributed by atoms with Gasteiger partial charge in [0, 0.05) is 12.8 Å². The van der Waals surface area contributed by atoms with Crippen LogP contribution in [0.1, 0.15) is 37.7 Å². The lowest BCUT2D eigenvalue weighted by Gasteiger charge is -2.22. The first-order chi connectivity index (χ1) is 16.5. The van der Waals surface area contributed by atoms with Gasteiger partial charge in [0.15, 0.2) is 0 Å². The van der Waals surface area contributed by atoms with Crippen molar-refractivity contribution in [1.82, 2.24) is 16.0 Å². The summed E-state index contributed by atoms with van der Waals surface area (Å²) in [4.78, 5) is 59.3. The molecule has 3 amide bonds. The maximum absolute atomic E-state index is 12.8. The standard InChI is InChI=1S/C22H33N5O8/c23-10-2-1-3-16(26-18(29)12-25-20(32)15(24)8-9-19(30)31)21(33)27-17(22(34)35)11-13-4-6-14(28)7-5-13/h4-7,15-17,28H,1-3,8-12,23-24H2,(H,25,32)(H,26,29)(H,27,33)(H,30,31)(H,34,35). The first-order valence-electron chi connectivity index (χ1n) is 11.1. The van der Waals surface area contributed by atoms with E-state index in [9.17, 15) is 34.2 Å². The summed E-state index contributed by atoms with van der Waals surface area (Å²) in [6.07, 6.45) is 0.784. The first-order valence-corrected chi connectivity index (χ1v) is 11.1. The topological polar surface area (TPSA) is 234 Å². The number of carboxylic acids is 2. The van der Waals surface area contributed by atoms with E-state index < -0.39 is 54.3 Å². The van der Waals surface area contributed by atoms with Gasteiger partial charge in [0.2, 0.25) is 17.7 Å². The zero-order valence-electron chi connectivity index (χ0n) is 19.2. The van der Waals surface area contributed by atoms with E-state index in [1.165, 1.54) is 24.3 Å². The van der Waals surface area contributed by atoms with Crippen molar-refractivity contribution in [2.75, 3.05) is 13.1 Å². The number of phenols is 1. The van der Waals surface area contributed by atoms with Crippen LogP contribution in [-0.2, 0) is 30.4 Å². The van der Waals surface area contributed by atoms with Crippen molar-refractivity contribution in [1.29, 1.82) is 0 Å². The van der Waals surface area contributed by atoms with Gasteiger partial charge in [-0.1, -0.05) is 12.1 Å². The second-order valence-corrected chi connectivity index (χ2v) is 7.93. The van der Waals surface area contributed by atoms with Crippen LogP contribution < -0.4 is 27.4 Å². The molecule has 13 heteroatoms. The molecular formula is C22H33N5O8. The lowest BCUT2D eigenvalue weighted by molar-refractivity contribution is -0.142. The van der Waals surface area contributed by atoms with Gasteiger partial charge >= 0.3 is 11.9 Å². The van der Waals surface area contributed by atoms with E-state index in [1.807, 2.05) is 0 Å². The van der Waals surface area contributed by atoms with E-state index in [1.54, 1.807) is 0 Å². The molecule has 0 heterocycles. The van der Waals surface area contributed by atoms with Crippen LogP contribution in [0.15, 0.2) is 24.3 Å². The molecule has 3 unspecified atom stereocenters. The van der Waals surface area contributed by atoms with Crippen LogP contribution in [0.25, 0.3) is 0 Å². The number of aliphatic carboxylic acids is 2. The maximum atomic E-state index is 12.8. The molecule has 0 bridgehead atoms. The number of amides is 3. The Hall–Kier alpha value is -3.71. The Kier molecular flexibility index (Phi) is 12.8. The van der Waals surface area contributed by atoms with Crippen molar-refractivity contribution in [2.24, 2.45) is 11.5 Å². The third-order valence-electron chi connectivity index (χ3n) is 5.02. The van der Waals surface area contributed by atoms with Crippen LogP contribution in [0.3, 0.4) is 0 Å². The number of nitrogens with one attached hydrogen (secondary N) is 3. The van der Waals surface area contributed by atoms with Gasteiger partial charge in [-0.15, -0.1) is 0 Å². The van der Waals surface area contributed by atoms with Crippen LogP contribution in [0.5, 0.6) is 5.75 Å². The Labute approximate surface area is 202 Å². The maximum Gasteiger partial charge on any atom is 0.326 e. The minimum absolute atomic E-state index is 0.0160. The zero-order valence-corrected chi connectivity index (χ0v) is 19.2. The summed E-state index contributed by atoms with van der Waals surface area (Å²) in [6.45, 7) is -0.138. The molecule has 10 N–H and O–H groups in total. The summed E-state index contributed by atoms with van der Waals surface area (Å²) in [6, 6.07) is 2.38. The fourth-order valence-electron chi connectivity index (χ4n) is 3.06. The smallest absolute Gasteiger partial charge is 0.326 e. The Morgan fingerprint density at radius 2 is 1.54 bits per heavy atom. The number of carboxylic acid groups (broad SMARTS) is 2. The Bertz CT molecular complexity index is 877. The molecule has 1 aromatic carbocycles. The van der Waals surface area contributed by atoms with Crippen molar-refractivity contribution in [3.8, 4) is 5.75 Å². The third kappa shape index (κ3) is 11.8. The van der Waals surface area contributed by atoms with E-state index in [-0.39, 0.29) is 31.4 Å². The molecule has 0 aliphatic rings. The molecule has 0 fully saturated rings. The number of carbonyl (C=O) groups excluding carboxylic acids is 3. The summed E-state index contributed by atoms with van der Waals surface area (Å²) in [7, 11) is 0. The van der Waals surface area contributed by atoms with Gasteiger partial charge in [0.1, 0.15) is 17.8 Å². The highest BCUT2D eigenvalue weighted by molar-refractivity contribution is 5.92. The number of hydrogen-bond acceptors (Lipinski definition) is 8. The monoisotopic (exact) mass is 495 g/mol. The van der Waals surface area contributed by atoms with E-state index in [2.05, 4.69) is 16.0 Å². The predicted octanol–water partition coefficient (Wildman–Crippen LogP) is -1.57. The lowest BCUT2D eigenvalue weighted by Crippen LogP contribution is -2.54. The van der Waals surface area contributed by atoms with E-state index in [0.29, 0.717) is 24.9 Å². The number of aromatic hydroxyl groups is 1. The fourth-order valence-corrected chi connectivity index (χ4v) is 3.06. The highest BCUT2D eigenvalue weighted by atomic mass is 16.4. The summed E-state index contributed by atoms with van der Waals surface area (Å²) in [5.41, 5.74) is 11.6. The number of nitrogens with two attached hydrogens (primary N) is 2. The van der Waals surface area contributed by atoms with E-state index in [4.69, 9.17) is 16.6 Å². The van der Waals surface area contributed by atoms with Gasteiger partial charge < -0.3 is 42.7 Å². The molecule has 0 aromatic heterocycles. The minimum atomic E-state index is -1.28. The summed E-state index contributed by atoms with van der Waals surface area (Å²) in [5, 5.41) is 34.7. The third-order valence-corrected chi connectivity index (χ3v) is 5.02. The second kappa shape index (κ2) is 15.2. The molecule has 194 valence electrons. The van der Waals surface area contributed by atoms with Gasteiger partial charge in [-0.25, -0.2) is 4.79 Å². The van der Waals surface area contributed by atoms with Crippen LogP contribution in [-0.4, -0.2) is 76.2 Å². The first kappa shape index (κ1) is 29.3. The molecule has 3 atom stereocenters. The molecule has 35 heavy (non-hydrogen) atoms. The fraction of sp³-hybridized carbons (Fsp3) is 0.500. The zero-order chi connectivity index (χ0) is 26.4. The van der Waals surface area contributed by atoms with Crippen LogP contribution in [0.4, 0.5) is 0 Å². The number of hydrogen-bond donors (Lipinski definition) is 8. The molecule has 0 radical (unpaired) electrons. The SMILES string of the molecule is NCCCCC(NC(=O)CNC(=O)C(N)CCC(=O)O)C(=O)NC(Cc1ccc(O)cc1)C(=O)O. The summed E-state index contributed by atoms with van der Waals surface area (Å²) in [5.74, 6) is -4.51. The number of benzene rings is 1. The normalized spacial score (nSPS) is 13.2. The second-order valence-electron chi connectivity index (χ2n) is 7.93. The van der Waals surface area contributed by atoms with Crippen molar-refractivity contribution < 1.29 is 39.3 Å². The van der Waals surface area contributed by atoms with Gasteiger partial charge in [-0.05, 0) is 49.9 Å². The molecule has 0 aliphatic heterocycles. The van der Waals surface area contributed by atoms with Crippen molar-refractivity contribution in [2.45, 2.75) is 56.7 Å². The number of unbranched alkanes of at least 4 members (excludes halogenated alkanes) is 1. The summed E-state index contributed by atoms with van der Waals surface area (Å²) >= 11 is 0. The van der Waals surface area contributed by atoms with Crippen LogP contribution in [0.2, 0.25) is 0 Å². The van der Waals surface area contributed by atoms with Crippen molar-refractivity contribution >= 4 is 29.7 Å². The molecule has 0 spiro atoms. The average molecular weight is 496 g/mol. The van der Waals surface area contributed by atoms with Gasteiger partial charge in [-0.3, -0.25) is 19.2 Å². The quantitative estimate of drug-likeness (QED) is 0.123. The number of carbonyl (C=O) groups is 5. The minimum Gasteiger partial charge on any atom is -0.508 e. The molecule has 0 aliphatic carbocycles. The van der Waals surface area contributed by atoms with Crippen LogP contribution in [0, 0.1) is 0 Å². The molecule has 1 rings (SSSR count). The van der Waals surface area contributed by atoms with Crippen molar-refractivity contribution in [3.63, 3.8) is 0 Å². The Morgan fingerprint density at radius 3 is 2.11 bits per heavy atom. The van der Waals surface area contributed by atoms with Gasteiger partial charge in [-0.2, -0.15) is 0 Å². The molecular weight excluding hydrogens is 462 g/mol. The Balaban J connectivity index is 2.74. The molecule has 0 saturated carbocycles. The highest BCUT2D eigenvalue weighted by Crippen LogP contribution is 2.12. The van der Waals surface area contributed by atoms with Gasteiger partial charge in [0.05, 0.1) is 12.6 Å². The number of phenolic OH excluding ortho intramolecular Hbond substituents is 1. The van der Waals surface area contributed by atoms with E-state index >= 15 is 0 Å². The Morgan fingerprint density at radius 1 is 0.886 bits per heavy atom. The predicted molar refractivity (Wildman–Crippen MR) is 124 cm³/mol. The van der Waals surface area contributed by atoms with Crippen molar-refractivity contribution in [3.05, 3.63) is 29.8 Å². The van der Waals surface area contributed by atoms with Crippen LogP contribution >= 0.6 is 0 Å². The molecule has 1 aromatic rings. The van der Waals surface area contributed by atoms with Gasteiger partial charge in [0.25, 0.3) is 0 Å².